The van der Waals surface area contributed by atoms with Gasteiger partial charge < -0.3 is 10.6 Å². The zero-order chi connectivity index (χ0) is 12.1. The van der Waals surface area contributed by atoms with Crippen LogP contribution in [0.25, 0.3) is 0 Å². The molecular formula is C11H14F2N2S. The van der Waals surface area contributed by atoms with E-state index in [-0.39, 0.29) is 16.8 Å². The van der Waals surface area contributed by atoms with Crippen LogP contribution in [0.4, 0.5) is 14.5 Å². The van der Waals surface area contributed by atoms with Crippen LogP contribution in [-0.2, 0) is 0 Å². The Kier molecular flexibility index (Phi) is 4.61. The van der Waals surface area contributed by atoms with Crippen LogP contribution in [0.15, 0.2) is 18.2 Å². The van der Waals surface area contributed by atoms with Gasteiger partial charge in [-0.05, 0) is 37.7 Å². The number of hydrogen-bond donors (Lipinski definition) is 2. The van der Waals surface area contributed by atoms with E-state index >= 15 is 0 Å². The highest BCUT2D eigenvalue weighted by Gasteiger charge is 2.10. The lowest BCUT2D eigenvalue weighted by Crippen LogP contribution is -2.35. The van der Waals surface area contributed by atoms with Crippen molar-refractivity contribution in [3.8, 4) is 0 Å². The maximum absolute atomic E-state index is 13.2. The summed E-state index contributed by atoms with van der Waals surface area (Å²) in [5, 5.41) is 5.65. The second-order valence-corrected chi connectivity index (χ2v) is 3.91. The van der Waals surface area contributed by atoms with Gasteiger partial charge in [0, 0.05) is 6.04 Å². The Balaban J connectivity index is 2.70. The fraction of sp³-hybridized carbons (Fsp3) is 0.364. The summed E-state index contributed by atoms with van der Waals surface area (Å²) in [6, 6.07) is 3.82. The van der Waals surface area contributed by atoms with Crippen molar-refractivity contribution in [1.82, 2.24) is 5.32 Å². The fourth-order valence-electron chi connectivity index (χ4n) is 1.09. The molecule has 0 amide bonds. The minimum Gasteiger partial charge on any atom is -0.360 e. The van der Waals surface area contributed by atoms with Crippen molar-refractivity contribution >= 4 is 23.0 Å². The van der Waals surface area contributed by atoms with Gasteiger partial charge in [0.15, 0.2) is 5.11 Å². The number of para-hydroxylation sites is 1. The van der Waals surface area contributed by atoms with Crippen molar-refractivity contribution in [3.05, 3.63) is 29.8 Å². The molecule has 16 heavy (non-hydrogen) atoms. The van der Waals surface area contributed by atoms with E-state index in [0.29, 0.717) is 0 Å². The van der Waals surface area contributed by atoms with Crippen molar-refractivity contribution in [2.75, 3.05) is 5.32 Å². The molecule has 0 heterocycles. The molecule has 1 atom stereocenters. The first-order chi connectivity index (χ1) is 7.54. The molecule has 2 N–H and O–H groups in total. The Bertz CT molecular complexity index is 362. The van der Waals surface area contributed by atoms with Gasteiger partial charge in [-0.1, -0.05) is 13.0 Å². The molecule has 1 rings (SSSR count). The summed E-state index contributed by atoms with van der Waals surface area (Å²) in [6.07, 6.45) is 0.877. The van der Waals surface area contributed by atoms with Crippen LogP contribution in [0.5, 0.6) is 0 Å². The number of rotatable bonds is 3. The van der Waals surface area contributed by atoms with E-state index in [1.54, 1.807) is 0 Å². The van der Waals surface area contributed by atoms with Gasteiger partial charge in [0.1, 0.15) is 17.3 Å². The average Bonchev–Trinajstić information content (AvgIpc) is 2.23. The van der Waals surface area contributed by atoms with Crippen LogP contribution in [0.3, 0.4) is 0 Å². The smallest absolute Gasteiger partial charge is 0.171 e. The number of halogens is 2. The van der Waals surface area contributed by atoms with Crippen molar-refractivity contribution in [3.63, 3.8) is 0 Å². The summed E-state index contributed by atoms with van der Waals surface area (Å²) in [5.74, 6) is -1.32. The number of benzene rings is 1. The van der Waals surface area contributed by atoms with E-state index in [2.05, 4.69) is 10.6 Å². The van der Waals surface area contributed by atoms with Gasteiger partial charge in [0.25, 0.3) is 0 Å². The Morgan fingerprint density at radius 1 is 1.38 bits per heavy atom. The molecule has 0 saturated heterocycles. The third-order valence-corrected chi connectivity index (χ3v) is 2.41. The quantitative estimate of drug-likeness (QED) is 0.799. The molecule has 2 nitrogen and oxygen atoms in total. The molecular weight excluding hydrogens is 230 g/mol. The van der Waals surface area contributed by atoms with Gasteiger partial charge in [-0.2, -0.15) is 0 Å². The van der Waals surface area contributed by atoms with E-state index in [1.165, 1.54) is 18.2 Å². The van der Waals surface area contributed by atoms with E-state index in [0.717, 1.165) is 6.42 Å². The summed E-state index contributed by atoms with van der Waals surface area (Å²) in [4.78, 5) is 0. The summed E-state index contributed by atoms with van der Waals surface area (Å²) >= 11 is 4.94. The number of anilines is 1. The summed E-state index contributed by atoms with van der Waals surface area (Å²) in [7, 11) is 0. The first-order valence-corrected chi connectivity index (χ1v) is 5.47. The Labute approximate surface area is 99.0 Å². The Hall–Kier alpha value is -1.23. The summed E-state index contributed by atoms with van der Waals surface area (Å²) < 4.78 is 26.5. The molecule has 0 saturated carbocycles. The number of thiocarbonyl (C=S) groups is 1. The molecule has 5 heteroatoms. The molecule has 0 radical (unpaired) electrons. The van der Waals surface area contributed by atoms with Gasteiger partial charge in [-0.3, -0.25) is 0 Å². The molecule has 0 spiro atoms. The number of hydrogen-bond acceptors (Lipinski definition) is 1. The van der Waals surface area contributed by atoms with Crippen molar-refractivity contribution < 1.29 is 8.78 Å². The van der Waals surface area contributed by atoms with Gasteiger partial charge >= 0.3 is 0 Å². The van der Waals surface area contributed by atoms with Gasteiger partial charge in [0.2, 0.25) is 0 Å². The normalized spacial score (nSPS) is 12.0. The lowest BCUT2D eigenvalue weighted by Gasteiger charge is -2.15. The van der Waals surface area contributed by atoms with Crippen molar-refractivity contribution in [2.45, 2.75) is 26.3 Å². The van der Waals surface area contributed by atoms with E-state index in [9.17, 15) is 8.78 Å². The summed E-state index contributed by atoms with van der Waals surface area (Å²) in [5.41, 5.74) is -0.219. The first-order valence-electron chi connectivity index (χ1n) is 5.06. The highest BCUT2D eigenvalue weighted by molar-refractivity contribution is 7.80. The minimum atomic E-state index is -0.659. The first kappa shape index (κ1) is 12.8. The second-order valence-electron chi connectivity index (χ2n) is 3.50. The van der Waals surface area contributed by atoms with Crippen LogP contribution in [-0.4, -0.2) is 11.2 Å². The predicted molar refractivity (Wildman–Crippen MR) is 65.5 cm³/mol. The van der Waals surface area contributed by atoms with Gasteiger partial charge in [-0.25, -0.2) is 8.78 Å². The fourth-order valence-corrected chi connectivity index (χ4v) is 1.40. The highest BCUT2D eigenvalue weighted by atomic mass is 32.1. The Morgan fingerprint density at radius 2 is 1.94 bits per heavy atom. The maximum atomic E-state index is 13.2. The predicted octanol–water partition coefficient (Wildman–Crippen LogP) is 3.05. The molecule has 0 fully saturated rings. The molecule has 0 aliphatic heterocycles. The minimum absolute atomic E-state index is 0.162. The highest BCUT2D eigenvalue weighted by Crippen LogP contribution is 2.17. The second kappa shape index (κ2) is 5.75. The third kappa shape index (κ3) is 3.41. The SMILES string of the molecule is CC[C@@H](C)NC(=S)Nc1c(F)cccc1F. The molecule has 0 aliphatic rings. The van der Waals surface area contributed by atoms with Crippen LogP contribution < -0.4 is 10.6 Å². The molecule has 1 aromatic carbocycles. The zero-order valence-electron chi connectivity index (χ0n) is 9.18. The average molecular weight is 244 g/mol. The molecule has 1 aromatic rings. The van der Waals surface area contributed by atoms with E-state index < -0.39 is 11.6 Å². The molecule has 0 aromatic heterocycles. The van der Waals surface area contributed by atoms with Crippen molar-refractivity contribution in [2.24, 2.45) is 0 Å². The monoisotopic (exact) mass is 244 g/mol. The standard InChI is InChI=1S/C11H14F2N2S/c1-3-7(2)14-11(16)15-10-8(12)5-4-6-9(10)13/h4-7H,3H2,1-2H3,(H2,14,15,16)/t7-/m1/s1. The van der Waals surface area contributed by atoms with Crippen LogP contribution >= 0.6 is 12.2 Å². The van der Waals surface area contributed by atoms with Crippen LogP contribution in [0, 0.1) is 11.6 Å². The maximum Gasteiger partial charge on any atom is 0.171 e. The van der Waals surface area contributed by atoms with Crippen LogP contribution in [0.1, 0.15) is 20.3 Å². The number of nitrogens with one attached hydrogen (secondary N) is 2. The third-order valence-electron chi connectivity index (χ3n) is 2.19. The van der Waals surface area contributed by atoms with Crippen LogP contribution in [0.2, 0.25) is 0 Å². The lowest BCUT2D eigenvalue weighted by atomic mass is 10.2. The Morgan fingerprint density at radius 3 is 2.44 bits per heavy atom. The van der Waals surface area contributed by atoms with Gasteiger partial charge in [-0.15, -0.1) is 0 Å². The van der Waals surface area contributed by atoms with Crippen molar-refractivity contribution in [1.29, 1.82) is 0 Å². The van der Waals surface area contributed by atoms with Gasteiger partial charge in [0.05, 0.1) is 0 Å². The lowest BCUT2D eigenvalue weighted by molar-refractivity contribution is 0.590. The molecule has 88 valence electrons. The topological polar surface area (TPSA) is 24.1 Å². The van der Waals surface area contributed by atoms with E-state index in [1.807, 2.05) is 13.8 Å². The molecule has 0 bridgehead atoms. The largest absolute Gasteiger partial charge is 0.360 e. The van der Waals surface area contributed by atoms with E-state index in [4.69, 9.17) is 12.2 Å². The molecule has 0 unspecified atom stereocenters. The zero-order valence-corrected chi connectivity index (χ0v) is 10.00. The molecule has 0 aliphatic carbocycles. The summed E-state index contributed by atoms with van der Waals surface area (Å²) in [6.45, 7) is 3.93.